The number of rotatable bonds is 3. The zero-order valence-electron chi connectivity index (χ0n) is 14.8. The van der Waals surface area contributed by atoms with Gasteiger partial charge in [0.1, 0.15) is 17.4 Å². The molecule has 0 radical (unpaired) electrons. The number of anilines is 2. The normalized spacial score (nSPS) is 16.3. The van der Waals surface area contributed by atoms with Gasteiger partial charge in [-0.05, 0) is 42.0 Å². The molecule has 7 heteroatoms. The molecule has 1 aliphatic rings. The minimum atomic E-state index is -0.378. The van der Waals surface area contributed by atoms with Gasteiger partial charge in [0, 0.05) is 19.4 Å². The molecule has 0 aliphatic carbocycles. The molecule has 0 N–H and O–H groups in total. The van der Waals surface area contributed by atoms with Crippen LogP contribution in [0.5, 0.6) is 5.75 Å². The van der Waals surface area contributed by atoms with Crippen LogP contribution in [-0.4, -0.2) is 17.6 Å². The molecule has 138 valence electrons. The van der Waals surface area contributed by atoms with Crippen molar-refractivity contribution in [1.82, 2.24) is 4.57 Å². The van der Waals surface area contributed by atoms with Crippen LogP contribution in [0, 0.1) is 5.82 Å². The highest BCUT2D eigenvalue weighted by molar-refractivity contribution is 7.10. The molecule has 1 amide bonds. The van der Waals surface area contributed by atoms with Gasteiger partial charge in [-0.3, -0.25) is 19.1 Å². The molecular weight excluding hydrogens is 367 g/mol. The molecular formula is C20H17FN2O3S. The minimum Gasteiger partial charge on any atom is -0.497 e. The average molecular weight is 384 g/mol. The average Bonchev–Trinajstić information content (AvgIpc) is 2.97. The highest BCUT2D eigenvalue weighted by Gasteiger charge is 2.37. The summed E-state index contributed by atoms with van der Waals surface area (Å²) in [5.41, 5.74) is 1.46. The molecule has 0 saturated carbocycles. The Bertz CT molecular complexity index is 1070. The summed E-state index contributed by atoms with van der Waals surface area (Å²) in [6, 6.07) is 13.2. The Morgan fingerprint density at radius 1 is 1.15 bits per heavy atom. The first-order valence-electron chi connectivity index (χ1n) is 8.41. The number of hydrogen-bond acceptors (Lipinski definition) is 4. The molecule has 0 saturated heterocycles. The van der Waals surface area contributed by atoms with Gasteiger partial charge < -0.3 is 4.74 Å². The second kappa shape index (κ2) is 6.66. The van der Waals surface area contributed by atoms with E-state index in [1.165, 1.54) is 21.6 Å². The number of carbonyl (C=O) groups excluding carboxylic acids is 1. The van der Waals surface area contributed by atoms with Gasteiger partial charge in [-0.1, -0.05) is 23.5 Å². The molecule has 0 spiro atoms. The maximum absolute atomic E-state index is 13.3. The fraction of sp³-hybridized carbons (Fsp3) is 0.200. The Kier molecular flexibility index (Phi) is 4.31. The largest absolute Gasteiger partial charge is 0.497 e. The van der Waals surface area contributed by atoms with Gasteiger partial charge in [-0.25, -0.2) is 4.39 Å². The predicted octanol–water partition coefficient (Wildman–Crippen LogP) is 3.79. The molecule has 4 rings (SSSR count). The van der Waals surface area contributed by atoms with Gasteiger partial charge in [0.15, 0.2) is 0 Å². The second-order valence-corrected chi connectivity index (χ2v) is 7.35. The molecule has 0 bridgehead atoms. The molecule has 1 aromatic heterocycles. The van der Waals surface area contributed by atoms with E-state index in [2.05, 4.69) is 0 Å². The quantitative estimate of drug-likeness (QED) is 0.690. The van der Waals surface area contributed by atoms with Crippen LogP contribution >= 0.6 is 11.3 Å². The van der Waals surface area contributed by atoms with Crippen molar-refractivity contribution >= 4 is 28.7 Å². The number of aromatic nitrogens is 1. The molecule has 27 heavy (non-hydrogen) atoms. The standard InChI is InChI=1S/C20H17FN2O3S/c1-22-19-18(27-20(22)25)16(12-4-3-5-15(10-12)26-2)11-17(24)23(19)14-8-6-13(21)7-9-14/h3-10,16H,11H2,1-2H3/t16-/m1/s1. The van der Waals surface area contributed by atoms with E-state index >= 15 is 0 Å². The van der Waals surface area contributed by atoms with Crippen molar-refractivity contribution in [2.75, 3.05) is 12.0 Å². The third kappa shape index (κ3) is 2.94. The fourth-order valence-corrected chi connectivity index (χ4v) is 4.50. The van der Waals surface area contributed by atoms with E-state index in [1.54, 1.807) is 26.3 Å². The molecule has 3 aromatic rings. The van der Waals surface area contributed by atoms with Crippen molar-refractivity contribution in [3.05, 3.63) is 74.5 Å². The highest BCUT2D eigenvalue weighted by atomic mass is 32.1. The van der Waals surface area contributed by atoms with Crippen molar-refractivity contribution in [1.29, 1.82) is 0 Å². The molecule has 0 fully saturated rings. The second-order valence-electron chi connectivity index (χ2n) is 6.35. The lowest BCUT2D eigenvalue weighted by atomic mass is 9.90. The zero-order valence-corrected chi connectivity index (χ0v) is 15.6. The third-order valence-electron chi connectivity index (χ3n) is 4.75. The molecule has 2 aromatic carbocycles. The van der Waals surface area contributed by atoms with E-state index in [4.69, 9.17) is 4.74 Å². The first-order valence-corrected chi connectivity index (χ1v) is 9.23. The number of ether oxygens (including phenoxy) is 1. The number of benzene rings is 2. The summed E-state index contributed by atoms with van der Waals surface area (Å²) < 4.78 is 20.1. The van der Waals surface area contributed by atoms with Crippen LogP contribution in [0.25, 0.3) is 0 Å². The van der Waals surface area contributed by atoms with Crippen molar-refractivity contribution in [3.8, 4) is 5.75 Å². The number of fused-ring (bicyclic) bond motifs is 1. The molecule has 1 atom stereocenters. The van der Waals surface area contributed by atoms with Gasteiger partial charge in [0.25, 0.3) is 0 Å². The van der Waals surface area contributed by atoms with Crippen molar-refractivity contribution in [2.45, 2.75) is 12.3 Å². The first-order chi connectivity index (χ1) is 13.0. The number of halogens is 1. The van der Waals surface area contributed by atoms with Crippen LogP contribution < -0.4 is 14.5 Å². The summed E-state index contributed by atoms with van der Waals surface area (Å²) in [4.78, 5) is 27.6. The summed E-state index contributed by atoms with van der Waals surface area (Å²) in [5, 5.41) is 0. The summed E-state index contributed by atoms with van der Waals surface area (Å²) in [5.74, 6) is 0.497. The van der Waals surface area contributed by atoms with Crippen LogP contribution in [-0.2, 0) is 11.8 Å². The Labute approximate surface area is 159 Å². The van der Waals surface area contributed by atoms with E-state index < -0.39 is 0 Å². The lowest BCUT2D eigenvalue weighted by molar-refractivity contribution is -0.118. The van der Waals surface area contributed by atoms with E-state index in [-0.39, 0.29) is 28.9 Å². The zero-order chi connectivity index (χ0) is 19.1. The van der Waals surface area contributed by atoms with E-state index in [1.807, 2.05) is 24.3 Å². The number of hydrogen-bond donors (Lipinski definition) is 0. The van der Waals surface area contributed by atoms with E-state index in [9.17, 15) is 14.0 Å². The van der Waals surface area contributed by atoms with Crippen LogP contribution in [0.4, 0.5) is 15.9 Å². The topological polar surface area (TPSA) is 51.5 Å². The van der Waals surface area contributed by atoms with Gasteiger partial charge in [0.05, 0.1) is 17.7 Å². The number of nitrogens with zero attached hydrogens (tertiary/aromatic N) is 2. The highest BCUT2D eigenvalue weighted by Crippen LogP contribution is 2.44. The Hall–Kier alpha value is -2.93. The Morgan fingerprint density at radius 2 is 1.89 bits per heavy atom. The van der Waals surface area contributed by atoms with Crippen molar-refractivity contribution in [3.63, 3.8) is 0 Å². The number of methoxy groups -OCH3 is 1. The van der Waals surface area contributed by atoms with E-state index in [0.717, 1.165) is 21.8 Å². The number of thiazole rings is 1. The predicted molar refractivity (Wildman–Crippen MR) is 103 cm³/mol. The van der Waals surface area contributed by atoms with Crippen LogP contribution in [0.3, 0.4) is 0 Å². The fourth-order valence-electron chi connectivity index (χ4n) is 3.41. The smallest absolute Gasteiger partial charge is 0.308 e. The maximum Gasteiger partial charge on any atom is 0.308 e. The lowest BCUT2D eigenvalue weighted by Gasteiger charge is -2.32. The maximum atomic E-state index is 13.3. The van der Waals surface area contributed by atoms with Gasteiger partial charge in [-0.15, -0.1) is 0 Å². The molecule has 2 heterocycles. The molecule has 0 unspecified atom stereocenters. The summed E-state index contributed by atoms with van der Waals surface area (Å²) >= 11 is 1.14. The Balaban J connectivity index is 1.88. The molecule has 1 aliphatic heterocycles. The van der Waals surface area contributed by atoms with Crippen molar-refractivity contribution < 1.29 is 13.9 Å². The molecule has 5 nitrogen and oxygen atoms in total. The van der Waals surface area contributed by atoms with Gasteiger partial charge in [0.2, 0.25) is 5.91 Å². The summed E-state index contributed by atoms with van der Waals surface area (Å²) in [6.07, 6.45) is 0.220. The van der Waals surface area contributed by atoms with Crippen LogP contribution in [0.1, 0.15) is 22.8 Å². The third-order valence-corrected chi connectivity index (χ3v) is 5.88. The van der Waals surface area contributed by atoms with Gasteiger partial charge in [-0.2, -0.15) is 0 Å². The van der Waals surface area contributed by atoms with Crippen LogP contribution in [0.2, 0.25) is 0 Å². The monoisotopic (exact) mass is 384 g/mol. The summed E-state index contributed by atoms with van der Waals surface area (Å²) in [6.45, 7) is 0. The van der Waals surface area contributed by atoms with Crippen molar-refractivity contribution in [2.24, 2.45) is 7.05 Å². The lowest BCUT2D eigenvalue weighted by Crippen LogP contribution is -2.34. The summed E-state index contributed by atoms with van der Waals surface area (Å²) in [7, 11) is 3.24. The van der Waals surface area contributed by atoms with Crippen LogP contribution in [0.15, 0.2) is 53.3 Å². The Morgan fingerprint density at radius 3 is 2.59 bits per heavy atom. The number of amides is 1. The van der Waals surface area contributed by atoms with E-state index in [0.29, 0.717) is 17.3 Å². The van der Waals surface area contributed by atoms with Gasteiger partial charge >= 0.3 is 4.87 Å². The SMILES string of the molecule is COc1cccc([C@H]2CC(=O)N(c3ccc(F)cc3)c3c2sc(=O)n3C)c1. The number of carbonyl (C=O) groups is 1. The first kappa shape index (κ1) is 17.5. The minimum absolute atomic E-state index is 0.143.